The summed E-state index contributed by atoms with van der Waals surface area (Å²) in [5.74, 6) is -0.351. The van der Waals surface area contributed by atoms with Crippen molar-refractivity contribution in [1.82, 2.24) is 0 Å². The highest BCUT2D eigenvalue weighted by Crippen LogP contribution is 2.26. The highest BCUT2D eigenvalue weighted by atomic mass is 127. The van der Waals surface area contributed by atoms with Gasteiger partial charge < -0.3 is 9.47 Å². The predicted octanol–water partition coefficient (Wildman–Crippen LogP) is 1.83. The number of rotatable bonds is 2. The van der Waals surface area contributed by atoms with E-state index in [0.717, 1.165) is 12.8 Å². The zero-order valence-electron chi connectivity index (χ0n) is 7.33. The largest absolute Gasteiger partial charge is 0.463 e. The smallest absolute Gasteiger partial charge is 0.302 e. The van der Waals surface area contributed by atoms with Crippen LogP contribution in [0.2, 0.25) is 0 Å². The Hall–Kier alpha value is 0.0900. The summed E-state index contributed by atoms with van der Waals surface area (Å²) in [5, 5.41) is 0. The molecule has 3 nitrogen and oxygen atoms in total. The first-order chi connectivity index (χ1) is 6.09. The molecule has 1 fully saturated rings. The average molecular weight is 302 g/mol. The van der Waals surface area contributed by atoms with Crippen LogP contribution >= 0.6 is 22.6 Å². The molecule has 1 aliphatic rings. The topological polar surface area (TPSA) is 35.5 Å². The molecule has 5 heteroatoms. The van der Waals surface area contributed by atoms with Crippen molar-refractivity contribution >= 4 is 28.6 Å². The van der Waals surface area contributed by atoms with Crippen molar-refractivity contribution < 1.29 is 18.7 Å². The maximum atomic E-state index is 13.0. The number of halogens is 2. The summed E-state index contributed by atoms with van der Waals surface area (Å²) < 4.78 is 22.6. The fourth-order valence-electron chi connectivity index (χ4n) is 1.15. The third kappa shape index (κ3) is 3.76. The van der Waals surface area contributed by atoms with Crippen LogP contribution in [0.25, 0.3) is 0 Å². The molecule has 0 N–H and O–H groups in total. The molecule has 0 amide bonds. The van der Waals surface area contributed by atoms with Gasteiger partial charge in [0, 0.05) is 6.92 Å². The van der Waals surface area contributed by atoms with Gasteiger partial charge in [-0.05, 0) is 12.8 Å². The summed E-state index contributed by atoms with van der Waals surface area (Å²) in [6.07, 6.45) is 0.0226. The Morgan fingerprint density at radius 2 is 2.38 bits per heavy atom. The molecule has 1 heterocycles. The summed E-state index contributed by atoms with van der Waals surface area (Å²) in [5.41, 5.74) is 0. The number of hydrogen-bond donors (Lipinski definition) is 0. The minimum atomic E-state index is -1.23. The SMILES string of the molecule is CC(=O)OC[C@@H]1CC[C@@H](I)[C@@H](F)O1. The van der Waals surface area contributed by atoms with Crippen molar-refractivity contribution in [3.8, 4) is 0 Å². The van der Waals surface area contributed by atoms with Crippen LogP contribution in [0.4, 0.5) is 4.39 Å². The highest BCUT2D eigenvalue weighted by molar-refractivity contribution is 14.1. The second-order valence-corrected chi connectivity index (χ2v) is 4.61. The lowest BCUT2D eigenvalue weighted by atomic mass is 10.1. The van der Waals surface area contributed by atoms with Gasteiger partial charge in [-0.3, -0.25) is 4.79 Å². The molecular weight excluding hydrogens is 290 g/mol. The van der Waals surface area contributed by atoms with Gasteiger partial charge in [0.2, 0.25) is 6.36 Å². The second kappa shape index (κ2) is 5.09. The highest BCUT2D eigenvalue weighted by Gasteiger charge is 2.29. The van der Waals surface area contributed by atoms with E-state index in [2.05, 4.69) is 0 Å². The van der Waals surface area contributed by atoms with E-state index in [0.29, 0.717) is 0 Å². The van der Waals surface area contributed by atoms with Crippen LogP contribution in [0.5, 0.6) is 0 Å². The lowest BCUT2D eigenvalue weighted by molar-refractivity contribution is -0.157. The quantitative estimate of drug-likeness (QED) is 0.443. The Labute approximate surface area is 90.1 Å². The van der Waals surface area contributed by atoms with Crippen molar-refractivity contribution in [3.63, 3.8) is 0 Å². The minimum absolute atomic E-state index is 0.0776. The van der Waals surface area contributed by atoms with E-state index in [1.807, 2.05) is 22.6 Å². The number of alkyl halides is 2. The number of esters is 1. The molecule has 3 atom stereocenters. The van der Waals surface area contributed by atoms with Gasteiger partial charge in [0.05, 0.1) is 10.0 Å². The Balaban J connectivity index is 2.25. The van der Waals surface area contributed by atoms with Crippen LogP contribution in [0.3, 0.4) is 0 Å². The summed E-state index contributed by atoms with van der Waals surface area (Å²) in [6, 6.07) is 0. The lowest BCUT2D eigenvalue weighted by Gasteiger charge is -2.28. The molecule has 0 bridgehead atoms. The molecule has 0 aliphatic carbocycles. The Bertz CT molecular complexity index is 188. The van der Waals surface area contributed by atoms with Gasteiger partial charge in [-0.25, -0.2) is 4.39 Å². The normalized spacial score (nSPS) is 34.2. The maximum absolute atomic E-state index is 13.0. The fourth-order valence-corrected chi connectivity index (χ4v) is 1.68. The van der Waals surface area contributed by atoms with E-state index < -0.39 is 6.36 Å². The van der Waals surface area contributed by atoms with Gasteiger partial charge >= 0.3 is 5.97 Å². The van der Waals surface area contributed by atoms with Crippen molar-refractivity contribution in [3.05, 3.63) is 0 Å². The van der Waals surface area contributed by atoms with Crippen molar-refractivity contribution in [2.24, 2.45) is 0 Å². The van der Waals surface area contributed by atoms with Crippen LogP contribution in [-0.2, 0) is 14.3 Å². The number of ether oxygens (including phenoxy) is 2. The molecule has 13 heavy (non-hydrogen) atoms. The van der Waals surface area contributed by atoms with Gasteiger partial charge in [-0.15, -0.1) is 0 Å². The summed E-state index contributed by atoms with van der Waals surface area (Å²) in [6.45, 7) is 1.50. The van der Waals surface area contributed by atoms with Crippen LogP contribution in [0, 0.1) is 0 Å². The molecule has 1 aliphatic heterocycles. The molecule has 0 unspecified atom stereocenters. The molecule has 0 aromatic heterocycles. The molecule has 1 saturated heterocycles. The molecular formula is C8H12FIO3. The van der Waals surface area contributed by atoms with Gasteiger partial charge in [0.15, 0.2) is 0 Å². The van der Waals surface area contributed by atoms with Gasteiger partial charge in [0.25, 0.3) is 0 Å². The summed E-state index contributed by atoms with van der Waals surface area (Å²) in [7, 11) is 0. The summed E-state index contributed by atoms with van der Waals surface area (Å²) in [4.78, 5) is 10.5. The van der Waals surface area contributed by atoms with Crippen molar-refractivity contribution in [1.29, 1.82) is 0 Å². The van der Waals surface area contributed by atoms with E-state index >= 15 is 0 Å². The first-order valence-electron chi connectivity index (χ1n) is 4.16. The lowest BCUT2D eigenvalue weighted by Crippen LogP contribution is -2.35. The average Bonchev–Trinajstić information content (AvgIpc) is 2.07. The van der Waals surface area contributed by atoms with E-state index in [-0.39, 0.29) is 22.6 Å². The van der Waals surface area contributed by atoms with Crippen LogP contribution in [0.15, 0.2) is 0 Å². The van der Waals surface area contributed by atoms with Crippen molar-refractivity contribution in [2.75, 3.05) is 6.61 Å². The van der Waals surface area contributed by atoms with E-state index in [4.69, 9.17) is 9.47 Å². The Morgan fingerprint density at radius 1 is 1.69 bits per heavy atom. The predicted molar refractivity (Wildman–Crippen MR) is 53.4 cm³/mol. The zero-order chi connectivity index (χ0) is 9.84. The van der Waals surface area contributed by atoms with Gasteiger partial charge in [0.1, 0.15) is 6.61 Å². The van der Waals surface area contributed by atoms with E-state index in [9.17, 15) is 9.18 Å². The molecule has 76 valence electrons. The van der Waals surface area contributed by atoms with Crippen molar-refractivity contribution in [2.45, 2.75) is 36.2 Å². The molecule has 0 radical (unpaired) electrons. The van der Waals surface area contributed by atoms with Crippen LogP contribution < -0.4 is 0 Å². The molecule has 0 aromatic carbocycles. The fraction of sp³-hybridized carbons (Fsp3) is 0.875. The monoisotopic (exact) mass is 302 g/mol. The Kier molecular flexibility index (Phi) is 4.37. The first kappa shape index (κ1) is 11.2. The van der Waals surface area contributed by atoms with Gasteiger partial charge in [-0.1, -0.05) is 22.6 Å². The first-order valence-corrected chi connectivity index (χ1v) is 5.41. The van der Waals surface area contributed by atoms with Crippen LogP contribution in [-0.4, -0.2) is 29.0 Å². The Morgan fingerprint density at radius 3 is 2.92 bits per heavy atom. The number of hydrogen-bond acceptors (Lipinski definition) is 3. The molecule has 1 rings (SSSR count). The molecule has 0 aromatic rings. The second-order valence-electron chi connectivity index (χ2n) is 3.01. The minimum Gasteiger partial charge on any atom is -0.463 e. The maximum Gasteiger partial charge on any atom is 0.302 e. The van der Waals surface area contributed by atoms with E-state index in [1.54, 1.807) is 0 Å². The zero-order valence-corrected chi connectivity index (χ0v) is 9.49. The number of carbonyl (C=O) groups is 1. The third-order valence-electron chi connectivity index (χ3n) is 1.84. The molecule has 0 saturated carbocycles. The standard InChI is InChI=1S/C8H12FIO3/c1-5(11)12-4-6-2-3-7(10)8(9)13-6/h6-8H,2-4H2,1H3/t6-,7+,8-/m0/s1. The summed E-state index contributed by atoms with van der Waals surface area (Å²) >= 11 is 2.03. The number of carbonyl (C=O) groups excluding carboxylic acids is 1. The van der Waals surface area contributed by atoms with Crippen LogP contribution in [0.1, 0.15) is 19.8 Å². The molecule has 0 spiro atoms. The van der Waals surface area contributed by atoms with E-state index in [1.165, 1.54) is 6.92 Å². The van der Waals surface area contributed by atoms with Gasteiger partial charge in [-0.2, -0.15) is 0 Å². The third-order valence-corrected chi connectivity index (χ3v) is 3.03.